The molecule has 1 aromatic rings. The van der Waals surface area contributed by atoms with Crippen LogP contribution in [0.4, 0.5) is 5.69 Å². The predicted molar refractivity (Wildman–Crippen MR) is 276 cm³/mol. The maximum atomic E-state index is 12.6. The third-order valence-corrected chi connectivity index (χ3v) is 14.1. The summed E-state index contributed by atoms with van der Waals surface area (Å²) in [7, 11) is 0. The molecule has 0 saturated heterocycles. The van der Waals surface area contributed by atoms with Crippen LogP contribution in [0.3, 0.4) is 0 Å². The van der Waals surface area contributed by atoms with Crippen molar-refractivity contribution in [1.82, 2.24) is 4.90 Å². The van der Waals surface area contributed by atoms with Crippen LogP contribution >= 0.6 is 0 Å². The van der Waals surface area contributed by atoms with Crippen LogP contribution in [0.5, 0.6) is 0 Å². The van der Waals surface area contributed by atoms with Crippen LogP contribution in [0.25, 0.3) is 0 Å². The second-order valence-electron chi connectivity index (χ2n) is 19.8. The summed E-state index contributed by atoms with van der Waals surface area (Å²) >= 11 is 0. The molecule has 0 amide bonds. The van der Waals surface area contributed by atoms with E-state index < -0.39 is 0 Å². The molecular weight excluding hydrogens is 793 g/mol. The fourth-order valence-electron chi connectivity index (χ4n) is 9.56. The zero-order valence-corrected chi connectivity index (χ0v) is 43.0. The summed E-state index contributed by atoms with van der Waals surface area (Å²) in [5, 5.41) is 3.29. The Hall–Kier alpha value is -2.15. The van der Waals surface area contributed by atoms with E-state index in [1.807, 2.05) is 6.92 Å². The molecule has 7 nitrogen and oxygen atoms in total. The Labute approximate surface area is 395 Å². The molecular formula is C57H104N2O5. The Kier molecular flexibility index (Phi) is 36.2. The molecule has 1 fully saturated rings. The minimum absolute atomic E-state index is 0.0113. The number of esters is 1. The topological polar surface area (TPSA) is 84.9 Å². The van der Waals surface area contributed by atoms with Gasteiger partial charge in [0.15, 0.2) is 0 Å². The largest absolute Gasteiger partial charge is 0.495 e. The highest BCUT2D eigenvalue weighted by atomic mass is 16.5. The van der Waals surface area contributed by atoms with Gasteiger partial charge in [-0.1, -0.05) is 169 Å². The van der Waals surface area contributed by atoms with E-state index in [0.29, 0.717) is 30.2 Å². The smallest absolute Gasteiger partial charge is 0.306 e. The highest BCUT2D eigenvalue weighted by Crippen LogP contribution is 2.34. The third kappa shape index (κ3) is 27.5. The molecule has 0 bridgehead atoms. The zero-order valence-electron chi connectivity index (χ0n) is 43.0. The van der Waals surface area contributed by atoms with Crippen LogP contribution in [0, 0.1) is 0 Å². The van der Waals surface area contributed by atoms with E-state index in [0.717, 1.165) is 77.5 Å². The van der Waals surface area contributed by atoms with Crippen LogP contribution in [0.2, 0.25) is 0 Å². The van der Waals surface area contributed by atoms with Crippen LogP contribution in [0.1, 0.15) is 284 Å². The summed E-state index contributed by atoms with van der Waals surface area (Å²) in [6, 6.07) is 0. The fraction of sp³-hybridized carbons (Fsp3) is 0.877. The van der Waals surface area contributed by atoms with Gasteiger partial charge in [0.25, 0.3) is 0 Å². The number of hydrogen-bond acceptors (Lipinski definition) is 7. The van der Waals surface area contributed by atoms with Crippen LogP contribution < -0.4 is 16.2 Å². The molecule has 372 valence electrons. The van der Waals surface area contributed by atoms with E-state index in [1.54, 1.807) is 5.57 Å². The first kappa shape index (κ1) is 58.0. The van der Waals surface area contributed by atoms with Crippen molar-refractivity contribution in [2.45, 2.75) is 297 Å². The summed E-state index contributed by atoms with van der Waals surface area (Å²) in [4.78, 5) is 39.2. The lowest BCUT2D eigenvalue weighted by Crippen LogP contribution is -2.38. The zero-order chi connectivity index (χ0) is 46.3. The Morgan fingerprint density at radius 1 is 0.516 bits per heavy atom. The summed E-state index contributed by atoms with van der Waals surface area (Å²) in [6.07, 6.45) is 47.6. The van der Waals surface area contributed by atoms with Gasteiger partial charge in [0, 0.05) is 24.9 Å². The maximum absolute atomic E-state index is 12.6. The number of carbonyl (C=O) groups excluding carboxylic acids is 1. The van der Waals surface area contributed by atoms with Gasteiger partial charge < -0.3 is 19.7 Å². The molecule has 0 aromatic heterocycles. The standard InChI is InChI=1S/C57H104N2O5/c1-6-11-14-17-22-29-40-50(9-4)64-54(60)44-33-26-21-28-35-47-59(48-37-45-58-55-52(10-5)56(61)57(55)62)46-34-27-20-25-32-43-53(49-38-36-39-49)63-51(41-30-23-18-15-12-7-2)42-31-24-19-16-13-8-3/h50-51,58H,6-48H2,1-5H3. The quantitative estimate of drug-likeness (QED) is 0.0302. The number of rotatable bonds is 47. The second-order valence-corrected chi connectivity index (χ2v) is 19.8. The summed E-state index contributed by atoms with van der Waals surface area (Å²) in [5.74, 6) is 1.37. The Morgan fingerprint density at radius 3 is 1.45 bits per heavy atom. The number of anilines is 1. The van der Waals surface area contributed by atoms with E-state index in [1.165, 1.54) is 192 Å². The second kappa shape index (κ2) is 40.0. The van der Waals surface area contributed by atoms with Gasteiger partial charge >= 0.3 is 5.97 Å². The molecule has 64 heavy (non-hydrogen) atoms. The van der Waals surface area contributed by atoms with E-state index in [4.69, 9.17) is 9.47 Å². The van der Waals surface area contributed by atoms with Gasteiger partial charge in [-0.2, -0.15) is 0 Å². The lowest BCUT2D eigenvalue weighted by atomic mass is 9.89. The number of hydrogen-bond donors (Lipinski definition) is 1. The minimum Gasteiger partial charge on any atom is -0.495 e. The number of allylic oxidation sites excluding steroid dienone is 2. The van der Waals surface area contributed by atoms with Crippen molar-refractivity contribution in [2.75, 3.05) is 31.5 Å². The van der Waals surface area contributed by atoms with Crippen molar-refractivity contribution in [2.24, 2.45) is 0 Å². The molecule has 2 rings (SSSR count). The number of nitrogens with zero attached hydrogens (tertiary/aromatic N) is 1. The van der Waals surface area contributed by atoms with Crippen LogP contribution in [-0.4, -0.2) is 49.3 Å². The third-order valence-electron chi connectivity index (χ3n) is 14.1. The highest BCUT2D eigenvalue weighted by Gasteiger charge is 2.21. The maximum Gasteiger partial charge on any atom is 0.306 e. The molecule has 1 aliphatic carbocycles. The van der Waals surface area contributed by atoms with Gasteiger partial charge in [-0.05, 0) is 128 Å². The first-order chi connectivity index (χ1) is 31.4. The van der Waals surface area contributed by atoms with Crippen molar-refractivity contribution in [1.29, 1.82) is 0 Å². The Balaban J connectivity index is 1.75. The Morgan fingerprint density at radius 2 is 0.969 bits per heavy atom. The van der Waals surface area contributed by atoms with E-state index >= 15 is 0 Å². The van der Waals surface area contributed by atoms with Crippen molar-refractivity contribution >= 4 is 11.7 Å². The van der Waals surface area contributed by atoms with Crippen LogP contribution in [-0.2, 0) is 20.7 Å². The molecule has 1 saturated carbocycles. The first-order valence-electron chi connectivity index (χ1n) is 28.2. The molecule has 1 aliphatic rings. The summed E-state index contributed by atoms with van der Waals surface area (Å²) < 4.78 is 12.8. The highest BCUT2D eigenvalue weighted by molar-refractivity contribution is 5.69. The van der Waals surface area contributed by atoms with Crippen molar-refractivity contribution in [3.63, 3.8) is 0 Å². The number of nitrogens with one attached hydrogen (secondary N) is 1. The fourth-order valence-corrected chi connectivity index (χ4v) is 9.56. The normalized spacial score (nSPS) is 13.3. The molecule has 1 unspecified atom stereocenters. The lowest BCUT2D eigenvalue weighted by molar-refractivity contribution is -0.149. The van der Waals surface area contributed by atoms with Crippen molar-refractivity contribution in [3.05, 3.63) is 37.3 Å². The molecule has 1 N–H and O–H groups in total. The number of carbonyl (C=O) groups is 1. The monoisotopic (exact) mass is 897 g/mol. The van der Waals surface area contributed by atoms with Gasteiger partial charge in [0.2, 0.25) is 10.9 Å². The van der Waals surface area contributed by atoms with E-state index in [9.17, 15) is 14.4 Å². The molecule has 7 heteroatoms. The van der Waals surface area contributed by atoms with Crippen molar-refractivity contribution < 1.29 is 14.3 Å². The van der Waals surface area contributed by atoms with Gasteiger partial charge in [0.1, 0.15) is 6.10 Å². The van der Waals surface area contributed by atoms with Gasteiger partial charge in [0.05, 0.1) is 17.6 Å². The molecule has 0 heterocycles. The lowest BCUT2D eigenvalue weighted by Gasteiger charge is -2.27. The molecule has 0 aliphatic heterocycles. The average molecular weight is 897 g/mol. The van der Waals surface area contributed by atoms with Gasteiger partial charge in [-0.3, -0.25) is 14.4 Å². The number of ether oxygens (including phenoxy) is 2. The molecule has 0 spiro atoms. The van der Waals surface area contributed by atoms with Crippen LogP contribution in [0.15, 0.2) is 20.9 Å². The first-order valence-corrected chi connectivity index (χ1v) is 28.2. The van der Waals surface area contributed by atoms with Gasteiger partial charge in [-0.25, -0.2) is 0 Å². The Bertz CT molecular complexity index is 1340. The number of unbranched alkanes of at least 4 members (excludes halogenated alkanes) is 23. The average Bonchev–Trinajstić information content (AvgIpc) is 3.28. The van der Waals surface area contributed by atoms with E-state index in [2.05, 4.69) is 37.9 Å². The summed E-state index contributed by atoms with van der Waals surface area (Å²) in [6.45, 7) is 14.9. The minimum atomic E-state index is -0.343. The SMILES string of the molecule is CCCCCCCCC(CC)OC(=O)CCCCCCCN(CCCCCCCC(OC(CCCCCCCC)CCCCCCCC)=C1CCC1)CCCNc1c(CC)c(=O)c1=O. The van der Waals surface area contributed by atoms with Crippen molar-refractivity contribution in [3.8, 4) is 0 Å². The predicted octanol–water partition coefficient (Wildman–Crippen LogP) is 16.0. The van der Waals surface area contributed by atoms with E-state index in [-0.39, 0.29) is 22.9 Å². The summed E-state index contributed by atoms with van der Waals surface area (Å²) in [5.41, 5.74) is 2.19. The molecule has 0 radical (unpaired) electrons. The molecule has 1 atom stereocenters. The molecule has 1 aromatic carbocycles. The van der Waals surface area contributed by atoms with Gasteiger partial charge in [-0.15, -0.1) is 0 Å².